The average Bonchev–Trinajstić information content (AvgIpc) is 3.42. The second-order valence-electron chi connectivity index (χ2n) is 19.5. The molecule has 464 valence electrons. The molecule has 0 radical (unpaired) electrons. The first-order chi connectivity index (χ1) is 37.6. The summed E-state index contributed by atoms with van der Waals surface area (Å²) in [7, 11) is -5.33. The van der Waals surface area contributed by atoms with Crippen molar-refractivity contribution in [2.75, 3.05) is 39.6 Å². The van der Waals surface area contributed by atoms with E-state index in [0.717, 1.165) is 20.8 Å². The molecule has 80 heavy (non-hydrogen) atoms. The molecule has 0 aromatic carbocycles. The Morgan fingerprint density at radius 3 is 1.11 bits per heavy atom. The minimum absolute atomic E-state index is 0.757. The molecule has 0 spiro atoms. The summed E-state index contributed by atoms with van der Waals surface area (Å²) >= 11 is 0. The van der Waals surface area contributed by atoms with Crippen molar-refractivity contribution in [1.29, 1.82) is 0 Å². The van der Waals surface area contributed by atoms with Gasteiger partial charge in [-0.05, 0) is 0 Å². The third-order valence-corrected chi connectivity index (χ3v) is 14.3. The first-order valence-corrected chi connectivity index (χ1v) is 26.1. The van der Waals surface area contributed by atoms with E-state index in [2.05, 4.69) is 20.1 Å². The molecule has 20 N–H and O–H groups in total. The van der Waals surface area contributed by atoms with E-state index in [9.17, 15) is 109 Å². The number of amides is 3. The van der Waals surface area contributed by atoms with Crippen LogP contribution in [0.4, 0.5) is 0 Å². The number of nitrogens with one attached hydrogen (secondary N) is 3. The van der Waals surface area contributed by atoms with E-state index in [1.54, 1.807) is 0 Å². The number of hydrogen-bond donors (Lipinski definition) is 20. The fourth-order valence-electron chi connectivity index (χ4n) is 9.86. The maximum Gasteiger partial charge on any atom is 0.397 e. The van der Waals surface area contributed by atoms with Crippen LogP contribution in [-0.2, 0) is 81.1 Å². The van der Waals surface area contributed by atoms with Crippen molar-refractivity contribution >= 4 is 28.1 Å². The highest BCUT2D eigenvalue weighted by Gasteiger charge is 2.58. The van der Waals surface area contributed by atoms with Gasteiger partial charge in [0.25, 0.3) is 0 Å². The molecule has 6 rings (SSSR count). The third-order valence-electron chi connectivity index (χ3n) is 13.8. The summed E-state index contributed by atoms with van der Waals surface area (Å²) in [5.74, 6) is -2.59. The molecule has 6 aliphatic heterocycles. The lowest BCUT2D eigenvalue weighted by Gasteiger charge is -2.51. The van der Waals surface area contributed by atoms with E-state index in [1.807, 2.05) is 0 Å². The number of aliphatic hydroxyl groups is 16. The molecule has 0 saturated carbocycles. The minimum Gasteiger partial charge on any atom is -0.394 e. The van der Waals surface area contributed by atoms with Crippen LogP contribution < -0.4 is 16.0 Å². The van der Waals surface area contributed by atoms with Crippen LogP contribution in [0.1, 0.15) is 20.8 Å². The summed E-state index contributed by atoms with van der Waals surface area (Å²) in [5, 5.41) is 180. The van der Waals surface area contributed by atoms with E-state index in [-0.39, 0.29) is 0 Å². The van der Waals surface area contributed by atoms with Crippen LogP contribution >= 0.6 is 0 Å². The van der Waals surface area contributed by atoms with Crippen molar-refractivity contribution in [1.82, 2.24) is 16.0 Å². The summed E-state index contributed by atoms with van der Waals surface area (Å²) in [5.41, 5.74) is 0. The van der Waals surface area contributed by atoms with Crippen LogP contribution in [-0.4, -0.2) is 336 Å². The van der Waals surface area contributed by atoms with Gasteiger partial charge in [0.05, 0.1) is 39.6 Å². The Morgan fingerprint density at radius 1 is 0.375 bits per heavy atom. The van der Waals surface area contributed by atoms with Gasteiger partial charge in [0.1, 0.15) is 146 Å². The van der Waals surface area contributed by atoms with Crippen molar-refractivity contribution < 1.29 is 165 Å². The predicted octanol–water partition coefficient (Wildman–Crippen LogP) is -13.8. The van der Waals surface area contributed by atoms with E-state index < -0.39 is 252 Å². The fourth-order valence-corrected chi connectivity index (χ4v) is 10.2. The second kappa shape index (κ2) is 28.4. The highest BCUT2D eigenvalue weighted by molar-refractivity contribution is 7.80. The minimum atomic E-state index is -5.33. The molecule has 0 unspecified atom stereocenters. The Morgan fingerprint density at radius 2 is 0.700 bits per heavy atom. The van der Waals surface area contributed by atoms with Crippen LogP contribution in [0.5, 0.6) is 0 Å². The molecule has 0 aliphatic carbocycles. The van der Waals surface area contributed by atoms with Gasteiger partial charge in [-0.1, -0.05) is 0 Å². The number of carbonyl (C=O) groups is 3. The lowest BCUT2D eigenvalue weighted by molar-refractivity contribution is -0.385. The lowest BCUT2D eigenvalue weighted by Crippen LogP contribution is -2.71. The van der Waals surface area contributed by atoms with Gasteiger partial charge in [0.15, 0.2) is 37.7 Å². The van der Waals surface area contributed by atoms with Crippen LogP contribution in [0.3, 0.4) is 0 Å². The quantitative estimate of drug-likeness (QED) is 0.0475. The van der Waals surface area contributed by atoms with Crippen molar-refractivity contribution in [2.24, 2.45) is 0 Å². The van der Waals surface area contributed by atoms with Gasteiger partial charge in [0, 0.05) is 20.8 Å². The van der Waals surface area contributed by atoms with Gasteiger partial charge in [-0.2, -0.15) is 8.42 Å². The lowest BCUT2D eigenvalue weighted by atomic mass is 9.93. The molecule has 0 aromatic rings. The van der Waals surface area contributed by atoms with Gasteiger partial charge in [-0.25, -0.2) is 4.18 Å². The number of ether oxygens (including phenoxy) is 11. The SMILES string of the molecule is CC(=O)N[C@@H]1[C@@H](O[C@@H]2O[C@H](CO)[C@H](O)[C@H](O[C@@H]3O[C@H](CO)[C@@H](O[C@@H]4O[C@H](CO)[C@H](O)[C@H](O[C@@H]5O[C@H](COS(=O)(=O)O)[C@@H](O[C@@H]6O[C@H](CO)[C@H](O)[C@H](O)[C@H]6O)[C@H](O)[C@H]5NC(C)=O)[C@H]4O)[C@H](O)[C@H]3NC(C)=O)[C@H]2O)[C@@H](O)[C@@H](CO)O[C@H]1O. The zero-order valence-corrected chi connectivity index (χ0v) is 43.3. The van der Waals surface area contributed by atoms with Crippen LogP contribution in [0.25, 0.3) is 0 Å². The summed E-state index contributed by atoms with van der Waals surface area (Å²) in [4.78, 5) is 37.3. The smallest absolute Gasteiger partial charge is 0.394 e. The Bertz CT molecular complexity index is 2130. The largest absolute Gasteiger partial charge is 0.397 e. The molecule has 30 atom stereocenters. The van der Waals surface area contributed by atoms with Gasteiger partial charge >= 0.3 is 10.4 Å². The summed E-state index contributed by atoms with van der Waals surface area (Å²) in [6.07, 6.45) is -53.7. The van der Waals surface area contributed by atoms with Crippen molar-refractivity contribution in [2.45, 2.75) is 205 Å². The van der Waals surface area contributed by atoms with Gasteiger partial charge < -0.3 is 150 Å². The molecule has 38 heteroatoms. The number of hydrogen-bond acceptors (Lipinski definition) is 33. The normalized spacial score (nSPS) is 46.5. The Labute approximate surface area is 453 Å². The van der Waals surface area contributed by atoms with Crippen molar-refractivity contribution in [3.05, 3.63) is 0 Å². The molecule has 6 fully saturated rings. The number of carbonyl (C=O) groups excluding carboxylic acids is 3. The molecule has 6 heterocycles. The average molecular weight is 1190 g/mol. The molecule has 0 aromatic heterocycles. The first-order valence-electron chi connectivity index (χ1n) is 24.8. The number of aliphatic hydroxyl groups excluding tert-OH is 16. The van der Waals surface area contributed by atoms with Crippen LogP contribution in [0, 0.1) is 0 Å². The topological polar surface area (TPSA) is 576 Å². The maximum atomic E-state index is 12.7. The van der Waals surface area contributed by atoms with E-state index >= 15 is 0 Å². The molecule has 37 nitrogen and oxygen atoms in total. The first kappa shape index (κ1) is 66.3. The van der Waals surface area contributed by atoms with Crippen molar-refractivity contribution in [3.8, 4) is 0 Å². The summed E-state index contributed by atoms with van der Waals surface area (Å²) in [6, 6.07) is -5.36. The molecular formula is C42H71N3O34S. The Balaban J connectivity index is 1.24. The van der Waals surface area contributed by atoms with Crippen molar-refractivity contribution in [3.63, 3.8) is 0 Å². The summed E-state index contributed by atoms with van der Waals surface area (Å²) < 4.78 is 100. The molecule has 0 bridgehead atoms. The Kier molecular flexibility index (Phi) is 23.5. The predicted molar refractivity (Wildman–Crippen MR) is 244 cm³/mol. The standard InChI is InChI=1S/C42H71N3O34S/c1-10(51)43-19-26(58)32(17(8-50)73-38(19)78-36-25(57)16(7-49)72-42(31(36)63)77-34-21(45-12(3)53)37(64)69-14(5-47)23(34)55)75-41-30(62)35(24(56)15(6-48)71-41)79-39-20(44-11(2)52)27(59)33(18(74-39)9-68-80(65,66)67)76-40-29(61)28(60)22(54)13(4-46)70-40/h13-42,46-50,54-64H,4-9H2,1-3H3,(H,43,51)(H,44,52)(H,45,53)(H,65,66,67)/t13-,14-,15-,16-,17-,18-,19-,20-,21-,22+,23+,24+,25+,26-,27-,28+,29-,30-,31-,32-,33-,34-,35+,36+,37-,38+,39+,40+,41+,42+/m1/s1. The fraction of sp³-hybridized carbons (Fsp3) is 0.929. The zero-order valence-electron chi connectivity index (χ0n) is 42.5. The van der Waals surface area contributed by atoms with E-state index in [4.69, 9.17) is 52.1 Å². The van der Waals surface area contributed by atoms with E-state index in [0.29, 0.717) is 0 Å². The number of rotatable bonds is 21. The molecule has 6 saturated heterocycles. The molecule has 6 aliphatic rings. The monoisotopic (exact) mass is 1190 g/mol. The maximum absolute atomic E-state index is 12.7. The Hall–Kier alpha value is -2.80. The molecular weight excluding hydrogens is 1120 g/mol. The van der Waals surface area contributed by atoms with Crippen LogP contribution in [0.15, 0.2) is 0 Å². The van der Waals surface area contributed by atoms with Gasteiger partial charge in [0.2, 0.25) is 17.7 Å². The summed E-state index contributed by atoms with van der Waals surface area (Å²) in [6.45, 7) is -3.41. The highest BCUT2D eigenvalue weighted by atomic mass is 32.3. The molecule has 3 amide bonds. The van der Waals surface area contributed by atoms with Gasteiger partial charge in [-0.3, -0.25) is 18.9 Å². The highest BCUT2D eigenvalue weighted by Crippen LogP contribution is 2.37. The van der Waals surface area contributed by atoms with Gasteiger partial charge in [-0.15, -0.1) is 0 Å². The van der Waals surface area contributed by atoms with E-state index in [1.165, 1.54) is 0 Å². The third kappa shape index (κ3) is 15.2. The second-order valence-corrected chi connectivity index (χ2v) is 20.6. The van der Waals surface area contributed by atoms with Crippen LogP contribution in [0.2, 0.25) is 0 Å². The zero-order chi connectivity index (χ0) is 59.4.